The molecule has 2 N–H and O–H groups in total. The largest absolute Gasteiger partial charge is 0.496 e. The number of halogens is 1. The van der Waals surface area contributed by atoms with E-state index in [1.807, 2.05) is 18.2 Å². The molecule has 1 atom stereocenters. The molecule has 1 aromatic carbocycles. The van der Waals surface area contributed by atoms with E-state index in [2.05, 4.69) is 6.92 Å². The van der Waals surface area contributed by atoms with Crippen LogP contribution in [0.3, 0.4) is 0 Å². The van der Waals surface area contributed by atoms with E-state index in [-0.39, 0.29) is 0 Å². The van der Waals surface area contributed by atoms with Crippen molar-refractivity contribution < 1.29 is 4.74 Å². The Labute approximate surface area is 83.6 Å². The number of hydrogen-bond donors (Lipinski definition) is 1. The van der Waals surface area contributed by atoms with E-state index in [4.69, 9.17) is 22.1 Å². The predicted octanol–water partition coefficient (Wildman–Crippen LogP) is 2.41. The minimum atomic E-state index is 0.298. The van der Waals surface area contributed by atoms with Gasteiger partial charge in [0.1, 0.15) is 5.75 Å². The normalized spacial score (nSPS) is 12.6. The summed E-state index contributed by atoms with van der Waals surface area (Å²) in [6, 6.07) is 5.62. The van der Waals surface area contributed by atoms with Gasteiger partial charge in [-0.2, -0.15) is 0 Å². The van der Waals surface area contributed by atoms with Crippen LogP contribution in [0.4, 0.5) is 0 Å². The SMILES string of the molecule is COc1cc(Cl)ccc1C(C)CN. The summed E-state index contributed by atoms with van der Waals surface area (Å²) in [7, 11) is 1.64. The smallest absolute Gasteiger partial charge is 0.123 e. The number of benzene rings is 1. The molecule has 0 heterocycles. The first-order valence-electron chi connectivity index (χ1n) is 4.22. The van der Waals surface area contributed by atoms with Crippen LogP contribution in [0.15, 0.2) is 18.2 Å². The van der Waals surface area contributed by atoms with Crippen LogP contribution in [0, 0.1) is 0 Å². The maximum absolute atomic E-state index is 5.83. The van der Waals surface area contributed by atoms with Gasteiger partial charge in [-0.15, -0.1) is 0 Å². The van der Waals surface area contributed by atoms with Crippen molar-refractivity contribution in [2.24, 2.45) is 5.73 Å². The molecular weight excluding hydrogens is 186 g/mol. The Morgan fingerprint density at radius 2 is 2.23 bits per heavy atom. The van der Waals surface area contributed by atoms with Crippen molar-refractivity contribution >= 4 is 11.6 Å². The summed E-state index contributed by atoms with van der Waals surface area (Å²) in [5, 5.41) is 0.685. The standard InChI is InChI=1S/C10H14ClNO/c1-7(6-12)9-4-3-8(11)5-10(9)13-2/h3-5,7H,6,12H2,1-2H3. The van der Waals surface area contributed by atoms with Gasteiger partial charge in [-0.1, -0.05) is 24.6 Å². The summed E-state index contributed by atoms with van der Waals surface area (Å²) in [4.78, 5) is 0. The van der Waals surface area contributed by atoms with E-state index in [0.717, 1.165) is 11.3 Å². The molecule has 0 saturated heterocycles. The third-order valence-electron chi connectivity index (χ3n) is 2.08. The minimum absolute atomic E-state index is 0.298. The van der Waals surface area contributed by atoms with E-state index in [1.165, 1.54) is 0 Å². The Balaban J connectivity index is 3.05. The van der Waals surface area contributed by atoms with Gasteiger partial charge in [0.25, 0.3) is 0 Å². The average Bonchev–Trinajstić information content (AvgIpc) is 2.16. The van der Waals surface area contributed by atoms with E-state index >= 15 is 0 Å². The molecule has 1 unspecified atom stereocenters. The lowest BCUT2D eigenvalue weighted by atomic mass is 10.0. The molecule has 0 fully saturated rings. The number of ether oxygens (including phenoxy) is 1. The highest BCUT2D eigenvalue weighted by molar-refractivity contribution is 6.30. The van der Waals surface area contributed by atoms with Crippen molar-refractivity contribution in [2.45, 2.75) is 12.8 Å². The van der Waals surface area contributed by atoms with Crippen LogP contribution < -0.4 is 10.5 Å². The lowest BCUT2D eigenvalue weighted by Gasteiger charge is -2.13. The molecule has 0 aromatic heterocycles. The Bertz CT molecular complexity index is 288. The molecule has 13 heavy (non-hydrogen) atoms. The Morgan fingerprint density at radius 3 is 2.77 bits per heavy atom. The van der Waals surface area contributed by atoms with Crippen LogP contribution >= 0.6 is 11.6 Å². The first kappa shape index (κ1) is 10.4. The molecular formula is C10H14ClNO. The lowest BCUT2D eigenvalue weighted by molar-refractivity contribution is 0.407. The van der Waals surface area contributed by atoms with Gasteiger partial charge in [-0.25, -0.2) is 0 Å². The van der Waals surface area contributed by atoms with Gasteiger partial charge in [0.15, 0.2) is 0 Å². The second-order valence-electron chi connectivity index (χ2n) is 3.02. The molecule has 2 nitrogen and oxygen atoms in total. The predicted molar refractivity (Wildman–Crippen MR) is 55.5 cm³/mol. The van der Waals surface area contributed by atoms with Crippen molar-refractivity contribution in [1.82, 2.24) is 0 Å². The number of methoxy groups -OCH3 is 1. The fourth-order valence-electron chi connectivity index (χ4n) is 1.22. The van der Waals surface area contributed by atoms with Crippen molar-refractivity contribution in [3.8, 4) is 5.75 Å². The zero-order valence-corrected chi connectivity index (χ0v) is 8.64. The summed E-state index contributed by atoms with van der Waals surface area (Å²) >= 11 is 5.83. The van der Waals surface area contributed by atoms with Gasteiger partial charge in [-0.3, -0.25) is 0 Å². The van der Waals surface area contributed by atoms with Crippen molar-refractivity contribution in [2.75, 3.05) is 13.7 Å². The molecule has 72 valence electrons. The third-order valence-corrected chi connectivity index (χ3v) is 2.32. The maximum Gasteiger partial charge on any atom is 0.123 e. The number of hydrogen-bond acceptors (Lipinski definition) is 2. The van der Waals surface area contributed by atoms with E-state index < -0.39 is 0 Å². The van der Waals surface area contributed by atoms with E-state index in [9.17, 15) is 0 Å². The fraction of sp³-hybridized carbons (Fsp3) is 0.400. The van der Waals surface area contributed by atoms with Crippen LogP contribution in [-0.2, 0) is 0 Å². The highest BCUT2D eigenvalue weighted by atomic mass is 35.5. The van der Waals surface area contributed by atoms with Crippen molar-refractivity contribution in [3.63, 3.8) is 0 Å². The van der Waals surface area contributed by atoms with Crippen LogP contribution in [-0.4, -0.2) is 13.7 Å². The van der Waals surface area contributed by atoms with Gasteiger partial charge in [0.2, 0.25) is 0 Å². The molecule has 0 bridgehead atoms. The summed E-state index contributed by atoms with van der Waals surface area (Å²) in [5.74, 6) is 1.11. The number of rotatable bonds is 3. The minimum Gasteiger partial charge on any atom is -0.496 e. The van der Waals surface area contributed by atoms with Crippen LogP contribution in [0.25, 0.3) is 0 Å². The highest BCUT2D eigenvalue weighted by Gasteiger charge is 2.09. The Hall–Kier alpha value is -0.730. The van der Waals surface area contributed by atoms with Gasteiger partial charge in [-0.05, 0) is 30.2 Å². The van der Waals surface area contributed by atoms with Crippen LogP contribution in [0.2, 0.25) is 5.02 Å². The van der Waals surface area contributed by atoms with Gasteiger partial charge >= 0.3 is 0 Å². The summed E-state index contributed by atoms with van der Waals surface area (Å²) in [5.41, 5.74) is 6.68. The zero-order chi connectivity index (χ0) is 9.84. The van der Waals surface area contributed by atoms with Crippen molar-refractivity contribution in [3.05, 3.63) is 28.8 Å². The average molecular weight is 200 g/mol. The van der Waals surface area contributed by atoms with E-state index in [1.54, 1.807) is 7.11 Å². The molecule has 0 radical (unpaired) electrons. The molecule has 3 heteroatoms. The first-order chi connectivity index (χ1) is 6.19. The summed E-state index contributed by atoms with van der Waals surface area (Å²) in [6.07, 6.45) is 0. The second-order valence-corrected chi connectivity index (χ2v) is 3.46. The highest BCUT2D eigenvalue weighted by Crippen LogP contribution is 2.28. The second kappa shape index (κ2) is 4.49. The maximum atomic E-state index is 5.83. The first-order valence-corrected chi connectivity index (χ1v) is 4.60. The summed E-state index contributed by atoms with van der Waals surface area (Å²) in [6.45, 7) is 2.67. The number of nitrogens with two attached hydrogens (primary N) is 1. The molecule has 0 spiro atoms. The molecule has 0 aliphatic rings. The van der Waals surface area contributed by atoms with Gasteiger partial charge in [0, 0.05) is 5.02 Å². The fourth-order valence-corrected chi connectivity index (χ4v) is 1.38. The Morgan fingerprint density at radius 1 is 1.54 bits per heavy atom. The molecule has 1 rings (SSSR count). The lowest BCUT2D eigenvalue weighted by Crippen LogP contribution is -2.09. The van der Waals surface area contributed by atoms with Crippen LogP contribution in [0.1, 0.15) is 18.4 Å². The molecule has 0 aliphatic heterocycles. The monoisotopic (exact) mass is 199 g/mol. The van der Waals surface area contributed by atoms with Gasteiger partial charge in [0.05, 0.1) is 7.11 Å². The summed E-state index contributed by atoms with van der Waals surface area (Å²) < 4.78 is 5.21. The Kier molecular flexibility index (Phi) is 3.58. The molecule has 0 saturated carbocycles. The van der Waals surface area contributed by atoms with Gasteiger partial charge < -0.3 is 10.5 Å². The molecule has 0 amide bonds. The molecule has 0 aliphatic carbocycles. The van der Waals surface area contributed by atoms with Crippen molar-refractivity contribution in [1.29, 1.82) is 0 Å². The third kappa shape index (κ3) is 2.36. The zero-order valence-electron chi connectivity index (χ0n) is 7.88. The quantitative estimate of drug-likeness (QED) is 0.812. The van der Waals surface area contributed by atoms with Crippen LogP contribution in [0.5, 0.6) is 5.75 Å². The van der Waals surface area contributed by atoms with E-state index in [0.29, 0.717) is 17.5 Å². The topological polar surface area (TPSA) is 35.2 Å². The molecule has 1 aromatic rings.